The fourth-order valence-corrected chi connectivity index (χ4v) is 3.81. The van der Waals surface area contributed by atoms with Gasteiger partial charge in [0.05, 0.1) is 24.7 Å². The number of hydrogen-bond acceptors (Lipinski definition) is 8. The van der Waals surface area contributed by atoms with Gasteiger partial charge in [0.1, 0.15) is 17.6 Å². The molecule has 164 valence electrons. The van der Waals surface area contributed by atoms with Crippen LogP contribution in [0.3, 0.4) is 0 Å². The molecule has 2 heterocycles. The molecule has 0 unspecified atom stereocenters. The van der Waals surface area contributed by atoms with Crippen LogP contribution in [0, 0.1) is 0 Å². The maximum atomic E-state index is 13.1. The Bertz CT molecular complexity index is 1100. The standard InChI is InChI=1S/C23H26N2O6/c1-29-19-4-2-3-5-20(19)31-21-15-30-23-16(22(21)28)6-7-18(27)17(23)14-25-10-8-24(9-11-25)12-13-26/h2-7,15,26-27H,8-14H2,1H3. The summed E-state index contributed by atoms with van der Waals surface area (Å²) >= 11 is 0. The Balaban J connectivity index is 1.61. The number of aliphatic hydroxyl groups excluding tert-OH is 1. The Morgan fingerprint density at radius 2 is 1.71 bits per heavy atom. The number of methoxy groups -OCH3 is 1. The van der Waals surface area contributed by atoms with E-state index in [2.05, 4.69) is 9.80 Å². The molecule has 0 amide bonds. The molecule has 1 saturated heterocycles. The lowest BCUT2D eigenvalue weighted by Gasteiger charge is -2.34. The molecule has 1 aliphatic heterocycles. The van der Waals surface area contributed by atoms with E-state index in [-0.39, 0.29) is 23.5 Å². The first kappa shape index (κ1) is 21.2. The Kier molecular flexibility index (Phi) is 6.41. The van der Waals surface area contributed by atoms with Crippen molar-refractivity contribution in [3.8, 4) is 23.0 Å². The van der Waals surface area contributed by atoms with Gasteiger partial charge in [-0.05, 0) is 24.3 Å². The van der Waals surface area contributed by atoms with E-state index in [0.29, 0.717) is 41.1 Å². The third-order valence-corrected chi connectivity index (χ3v) is 5.54. The number of piperazine rings is 1. The summed E-state index contributed by atoms with van der Waals surface area (Å²) in [4.78, 5) is 17.4. The van der Waals surface area contributed by atoms with E-state index >= 15 is 0 Å². The fraction of sp³-hybridized carbons (Fsp3) is 0.348. The summed E-state index contributed by atoms with van der Waals surface area (Å²) in [7, 11) is 1.53. The molecule has 0 spiro atoms. The zero-order valence-electron chi connectivity index (χ0n) is 17.4. The van der Waals surface area contributed by atoms with Gasteiger partial charge in [0.2, 0.25) is 11.2 Å². The van der Waals surface area contributed by atoms with Crippen molar-refractivity contribution in [1.29, 1.82) is 0 Å². The van der Waals surface area contributed by atoms with Crippen LogP contribution < -0.4 is 14.9 Å². The molecule has 4 rings (SSSR count). The quantitative estimate of drug-likeness (QED) is 0.595. The summed E-state index contributed by atoms with van der Waals surface area (Å²) in [5.41, 5.74) is 0.616. The summed E-state index contributed by atoms with van der Waals surface area (Å²) in [6.07, 6.45) is 1.28. The molecule has 3 aromatic rings. The molecule has 0 saturated carbocycles. The van der Waals surface area contributed by atoms with Crippen LogP contribution in [0.2, 0.25) is 0 Å². The topological polar surface area (TPSA) is 95.6 Å². The van der Waals surface area contributed by atoms with E-state index in [0.717, 1.165) is 26.2 Å². The first-order chi connectivity index (χ1) is 15.1. The number of aliphatic hydroxyl groups is 1. The van der Waals surface area contributed by atoms with Gasteiger partial charge in [0, 0.05) is 39.3 Å². The zero-order valence-corrected chi connectivity index (χ0v) is 17.4. The van der Waals surface area contributed by atoms with E-state index in [1.165, 1.54) is 19.4 Å². The average Bonchev–Trinajstić information content (AvgIpc) is 2.79. The number of β-amino-alcohol motifs (C(OH)–C–C–N with tert-alkyl or cyclic N) is 1. The first-order valence-electron chi connectivity index (χ1n) is 10.2. The Morgan fingerprint density at radius 1 is 1.00 bits per heavy atom. The number of rotatable bonds is 7. The predicted octanol–water partition coefficient (Wildman–Crippen LogP) is 2.41. The van der Waals surface area contributed by atoms with E-state index in [1.54, 1.807) is 24.3 Å². The van der Waals surface area contributed by atoms with Gasteiger partial charge in [0.25, 0.3) is 0 Å². The SMILES string of the molecule is COc1ccccc1Oc1coc2c(CN3CCN(CCO)CC3)c(O)ccc2c1=O. The van der Waals surface area contributed by atoms with Gasteiger partial charge in [-0.1, -0.05) is 12.1 Å². The van der Waals surface area contributed by atoms with Crippen molar-refractivity contribution in [3.05, 3.63) is 58.4 Å². The lowest BCUT2D eigenvalue weighted by atomic mass is 10.1. The van der Waals surface area contributed by atoms with Gasteiger partial charge >= 0.3 is 0 Å². The van der Waals surface area contributed by atoms with Gasteiger partial charge in [-0.2, -0.15) is 0 Å². The van der Waals surface area contributed by atoms with Crippen LogP contribution >= 0.6 is 0 Å². The Labute approximate surface area is 179 Å². The Hall–Kier alpha value is -3.07. The van der Waals surface area contributed by atoms with Crippen LogP contribution in [-0.4, -0.2) is 66.5 Å². The van der Waals surface area contributed by atoms with Gasteiger partial charge < -0.3 is 24.1 Å². The Morgan fingerprint density at radius 3 is 2.42 bits per heavy atom. The summed E-state index contributed by atoms with van der Waals surface area (Å²) in [5, 5.41) is 19.9. The number of para-hydroxylation sites is 2. The molecule has 0 radical (unpaired) electrons. The number of hydrogen-bond donors (Lipinski definition) is 2. The maximum Gasteiger partial charge on any atom is 0.235 e. The van der Waals surface area contributed by atoms with E-state index in [1.807, 2.05) is 6.07 Å². The molecule has 2 aromatic carbocycles. The third-order valence-electron chi connectivity index (χ3n) is 5.54. The van der Waals surface area contributed by atoms with Crippen LogP contribution in [0.15, 0.2) is 51.9 Å². The number of ether oxygens (including phenoxy) is 2. The van der Waals surface area contributed by atoms with Crippen LogP contribution in [0.5, 0.6) is 23.0 Å². The van der Waals surface area contributed by atoms with Gasteiger partial charge in [0.15, 0.2) is 11.5 Å². The summed E-state index contributed by atoms with van der Waals surface area (Å²) < 4.78 is 16.8. The highest BCUT2D eigenvalue weighted by atomic mass is 16.5. The molecule has 1 fully saturated rings. The molecule has 0 bridgehead atoms. The average molecular weight is 426 g/mol. The number of benzene rings is 2. The number of aromatic hydroxyl groups is 1. The molecule has 31 heavy (non-hydrogen) atoms. The largest absolute Gasteiger partial charge is 0.507 e. The molecule has 8 heteroatoms. The fourth-order valence-electron chi connectivity index (χ4n) is 3.81. The van der Waals surface area contributed by atoms with E-state index < -0.39 is 0 Å². The van der Waals surface area contributed by atoms with E-state index in [9.17, 15) is 9.90 Å². The van der Waals surface area contributed by atoms with Crippen molar-refractivity contribution in [2.24, 2.45) is 0 Å². The monoisotopic (exact) mass is 426 g/mol. The van der Waals surface area contributed by atoms with Crippen LogP contribution in [-0.2, 0) is 6.54 Å². The second-order valence-electron chi connectivity index (χ2n) is 7.46. The minimum absolute atomic E-state index is 0.0475. The summed E-state index contributed by atoms with van der Waals surface area (Å²) in [6.45, 7) is 4.56. The molecular weight excluding hydrogens is 400 g/mol. The highest BCUT2D eigenvalue weighted by Gasteiger charge is 2.21. The van der Waals surface area contributed by atoms with Gasteiger partial charge in [-0.25, -0.2) is 0 Å². The third kappa shape index (κ3) is 4.51. The minimum Gasteiger partial charge on any atom is -0.507 e. The molecule has 0 aliphatic carbocycles. The first-order valence-corrected chi connectivity index (χ1v) is 10.2. The molecule has 0 atom stereocenters. The lowest BCUT2D eigenvalue weighted by molar-refractivity contribution is 0.108. The van der Waals surface area contributed by atoms with Crippen molar-refractivity contribution >= 4 is 11.0 Å². The van der Waals surface area contributed by atoms with E-state index in [4.69, 9.17) is 19.0 Å². The van der Waals surface area contributed by atoms with Crippen molar-refractivity contribution in [2.75, 3.05) is 46.4 Å². The second kappa shape index (κ2) is 9.38. The predicted molar refractivity (Wildman–Crippen MR) is 116 cm³/mol. The summed E-state index contributed by atoms with van der Waals surface area (Å²) in [5.74, 6) is 1.06. The van der Waals surface area contributed by atoms with Crippen LogP contribution in [0.25, 0.3) is 11.0 Å². The smallest absolute Gasteiger partial charge is 0.235 e. The normalized spacial score (nSPS) is 15.3. The molecule has 1 aliphatic rings. The minimum atomic E-state index is -0.318. The van der Waals surface area contributed by atoms with Crippen molar-refractivity contribution < 1.29 is 24.1 Å². The number of phenolic OH excluding ortho intramolecular Hbond substituents is 1. The second-order valence-corrected chi connectivity index (χ2v) is 7.46. The summed E-state index contributed by atoms with van der Waals surface area (Å²) in [6, 6.07) is 10.1. The molecular formula is C23H26N2O6. The molecule has 2 N–H and O–H groups in total. The van der Waals surface area contributed by atoms with Gasteiger partial charge in [-0.15, -0.1) is 0 Å². The molecule has 8 nitrogen and oxygen atoms in total. The maximum absolute atomic E-state index is 13.1. The molecule has 1 aromatic heterocycles. The van der Waals surface area contributed by atoms with Crippen LogP contribution in [0.1, 0.15) is 5.56 Å². The van der Waals surface area contributed by atoms with Gasteiger partial charge in [-0.3, -0.25) is 14.6 Å². The van der Waals surface area contributed by atoms with Crippen molar-refractivity contribution in [3.63, 3.8) is 0 Å². The highest BCUT2D eigenvalue weighted by Crippen LogP contribution is 2.32. The number of fused-ring (bicyclic) bond motifs is 1. The van der Waals surface area contributed by atoms with Crippen LogP contribution in [0.4, 0.5) is 0 Å². The van der Waals surface area contributed by atoms with Crippen molar-refractivity contribution in [2.45, 2.75) is 6.54 Å². The number of nitrogens with zero attached hydrogens (tertiary/aromatic N) is 2. The highest BCUT2D eigenvalue weighted by molar-refractivity contribution is 5.83. The zero-order chi connectivity index (χ0) is 21.8. The number of phenols is 1. The lowest BCUT2D eigenvalue weighted by Crippen LogP contribution is -2.46. The van der Waals surface area contributed by atoms with Crippen molar-refractivity contribution in [1.82, 2.24) is 9.80 Å².